The van der Waals surface area contributed by atoms with Gasteiger partial charge in [-0.05, 0) is 38.3 Å². The standard InChI is InChI=1S/C16H26O/c1-5-6-7-8-11-16(4,17)15-12-13(2)9-10-14(15)3/h9-10,12,17H,5-8,11H2,1-4H3. The first-order valence-corrected chi connectivity index (χ1v) is 6.77. The molecule has 0 saturated carbocycles. The Kier molecular flexibility index (Phi) is 5.20. The second-order valence-electron chi connectivity index (χ2n) is 5.40. The normalized spacial score (nSPS) is 14.6. The third kappa shape index (κ3) is 4.16. The Morgan fingerprint density at radius 2 is 1.82 bits per heavy atom. The van der Waals surface area contributed by atoms with Gasteiger partial charge in [0.1, 0.15) is 0 Å². The molecule has 0 fully saturated rings. The van der Waals surface area contributed by atoms with Crippen LogP contribution < -0.4 is 0 Å². The van der Waals surface area contributed by atoms with E-state index in [1.54, 1.807) is 0 Å². The molecular weight excluding hydrogens is 208 g/mol. The van der Waals surface area contributed by atoms with Crippen LogP contribution in [-0.2, 0) is 5.60 Å². The zero-order valence-corrected chi connectivity index (χ0v) is 11.7. The van der Waals surface area contributed by atoms with Crippen molar-refractivity contribution in [3.8, 4) is 0 Å². The van der Waals surface area contributed by atoms with E-state index in [4.69, 9.17) is 0 Å². The van der Waals surface area contributed by atoms with Gasteiger partial charge >= 0.3 is 0 Å². The van der Waals surface area contributed by atoms with Crippen LogP contribution >= 0.6 is 0 Å². The van der Waals surface area contributed by atoms with Crippen molar-refractivity contribution in [3.05, 3.63) is 34.9 Å². The van der Waals surface area contributed by atoms with Crippen molar-refractivity contribution < 1.29 is 5.11 Å². The maximum Gasteiger partial charge on any atom is 0.0871 e. The number of benzene rings is 1. The Morgan fingerprint density at radius 1 is 1.12 bits per heavy atom. The maximum absolute atomic E-state index is 10.6. The van der Waals surface area contributed by atoms with Gasteiger partial charge in [-0.2, -0.15) is 0 Å². The minimum absolute atomic E-state index is 0.677. The van der Waals surface area contributed by atoms with Gasteiger partial charge in [0.05, 0.1) is 5.60 Å². The largest absolute Gasteiger partial charge is 0.385 e. The predicted octanol–water partition coefficient (Wildman–Crippen LogP) is 4.48. The van der Waals surface area contributed by atoms with E-state index >= 15 is 0 Å². The summed E-state index contributed by atoms with van der Waals surface area (Å²) in [4.78, 5) is 0. The van der Waals surface area contributed by atoms with Gasteiger partial charge in [0.15, 0.2) is 0 Å². The van der Waals surface area contributed by atoms with Crippen molar-refractivity contribution in [2.24, 2.45) is 0 Å². The molecule has 0 spiro atoms. The molecule has 0 heterocycles. The lowest BCUT2D eigenvalue weighted by molar-refractivity contribution is 0.0442. The molecule has 96 valence electrons. The molecule has 1 aromatic carbocycles. The van der Waals surface area contributed by atoms with E-state index < -0.39 is 5.60 Å². The Morgan fingerprint density at radius 3 is 2.47 bits per heavy atom. The Hall–Kier alpha value is -0.820. The lowest BCUT2D eigenvalue weighted by Crippen LogP contribution is -2.22. The van der Waals surface area contributed by atoms with Gasteiger partial charge in [-0.3, -0.25) is 0 Å². The first-order chi connectivity index (χ1) is 7.97. The molecule has 0 radical (unpaired) electrons. The summed E-state index contributed by atoms with van der Waals surface area (Å²) in [6, 6.07) is 6.33. The van der Waals surface area contributed by atoms with E-state index in [0.29, 0.717) is 0 Å². The first kappa shape index (κ1) is 14.2. The van der Waals surface area contributed by atoms with Crippen LogP contribution in [-0.4, -0.2) is 5.11 Å². The zero-order valence-electron chi connectivity index (χ0n) is 11.7. The highest BCUT2D eigenvalue weighted by atomic mass is 16.3. The van der Waals surface area contributed by atoms with Gasteiger partial charge in [-0.25, -0.2) is 0 Å². The highest BCUT2D eigenvalue weighted by Gasteiger charge is 2.24. The smallest absolute Gasteiger partial charge is 0.0871 e. The summed E-state index contributed by atoms with van der Waals surface area (Å²) in [5.41, 5.74) is 2.83. The summed E-state index contributed by atoms with van der Waals surface area (Å²) >= 11 is 0. The molecule has 0 aliphatic rings. The van der Waals surface area contributed by atoms with E-state index in [9.17, 15) is 5.11 Å². The summed E-state index contributed by atoms with van der Waals surface area (Å²) < 4.78 is 0. The van der Waals surface area contributed by atoms with Crippen LogP contribution in [0.25, 0.3) is 0 Å². The molecule has 0 bridgehead atoms. The van der Waals surface area contributed by atoms with Crippen molar-refractivity contribution >= 4 is 0 Å². The molecule has 1 heteroatoms. The highest BCUT2D eigenvalue weighted by Crippen LogP contribution is 2.30. The van der Waals surface area contributed by atoms with Gasteiger partial charge in [0, 0.05) is 0 Å². The number of unbranched alkanes of at least 4 members (excludes halogenated alkanes) is 3. The SMILES string of the molecule is CCCCCCC(C)(O)c1cc(C)ccc1C. The van der Waals surface area contributed by atoms with Crippen molar-refractivity contribution in [3.63, 3.8) is 0 Å². The third-order valence-corrected chi connectivity index (χ3v) is 3.49. The van der Waals surface area contributed by atoms with Gasteiger partial charge < -0.3 is 5.11 Å². The van der Waals surface area contributed by atoms with Crippen molar-refractivity contribution in [1.82, 2.24) is 0 Å². The van der Waals surface area contributed by atoms with Gasteiger partial charge in [0.25, 0.3) is 0 Å². The fourth-order valence-corrected chi connectivity index (χ4v) is 2.35. The van der Waals surface area contributed by atoms with Crippen LogP contribution in [0.4, 0.5) is 0 Å². The van der Waals surface area contributed by atoms with E-state index in [1.807, 2.05) is 6.92 Å². The molecular formula is C16H26O. The fourth-order valence-electron chi connectivity index (χ4n) is 2.35. The molecule has 0 amide bonds. The Labute approximate surface area is 106 Å². The molecule has 0 saturated heterocycles. The lowest BCUT2D eigenvalue weighted by atomic mass is 9.86. The van der Waals surface area contributed by atoms with Crippen LogP contribution in [0.3, 0.4) is 0 Å². The highest BCUT2D eigenvalue weighted by molar-refractivity contribution is 5.34. The van der Waals surface area contributed by atoms with Gasteiger partial charge in [-0.1, -0.05) is 56.4 Å². The summed E-state index contributed by atoms with van der Waals surface area (Å²) in [6.45, 7) is 8.31. The van der Waals surface area contributed by atoms with E-state index in [-0.39, 0.29) is 0 Å². The summed E-state index contributed by atoms with van der Waals surface area (Å²) in [5.74, 6) is 0. The molecule has 1 rings (SSSR count). The maximum atomic E-state index is 10.6. The number of hydrogen-bond acceptors (Lipinski definition) is 1. The number of hydrogen-bond donors (Lipinski definition) is 1. The second kappa shape index (κ2) is 6.20. The first-order valence-electron chi connectivity index (χ1n) is 6.77. The molecule has 1 unspecified atom stereocenters. The second-order valence-corrected chi connectivity index (χ2v) is 5.40. The molecule has 1 aromatic rings. The molecule has 0 aromatic heterocycles. The zero-order chi connectivity index (χ0) is 12.9. The topological polar surface area (TPSA) is 20.2 Å². The average molecular weight is 234 g/mol. The number of aliphatic hydroxyl groups is 1. The van der Waals surface area contributed by atoms with Gasteiger partial charge in [-0.15, -0.1) is 0 Å². The quantitative estimate of drug-likeness (QED) is 0.719. The monoisotopic (exact) mass is 234 g/mol. The van der Waals surface area contributed by atoms with Crippen LogP contribution in [0.5, 0.6) is 0 Å². The summed E-state index contributed by atoms with van der Waals surface area (Å²) in [7, 11) is 0. The number of rotatable bonds is 6. The van der Waals surface area contributed by atoms with Crippen LogP contribution in [0.15, 0.2) is 18.2 Å². The van der Waals surface area contributed by atoms with Crippen LogP contribution in [0, 0.1) is 13.8 Å². The van der Waals surface area contributed by atoms with E-state index in [2.05, 4.69) is 39.0 Å². The molecule has 0 aliphatic carbocycles. The van der Waals surface area contributed by atoms with Crippen LogP contribution in [0.2, 0.25) is 0 Å². The predicted molar refractivity (Wildman–Crippen MR) is 74.2 cm³/mol. The fraction of sp³-hybridized carbons (Fsp3) is 0.625. The minimum atomic E-state index is -0.677. The Bertz CT molecular complexity index is 353. The molecule has 1 N–H and O–H groups in total. The van der Waals surface area contributed by atoms with E-state index in [1.165, 1.54) is 30.4 Å². The summed E-state index contributed by atoms with van der Waals surface area (Å²) in [6.07, 6.45) is 5.69. The van der Waals surface area contributed by atoms with Gasteiger partial charge in [0.2, 0.25) is 0 Å². The molecule has 1 atom stereocenters. The Balaban J connectivity index is 2.71. The number of aryl methyl sites for hydroxylation is 2. The van der Waals surface area contributed by atoms with E-state index in [0.717, 1.165) is 18.4 Å². The lowest BCUT2D eigenvalue weighted by Gasteiger charge is -2.26. The van der Waals surface area contributed by atoms with Crippen molar-refractivity contribution in [2.75, 3.05) is 0 Å². The minimum Gasteiger partial charge on any atom is -0.385 e. The molecule has 17 heavy (non-hydrogen) atoms. The third-order valence-electron chi connectivity index (χ3n) is 3.49. The van der Waals surface area contributed by atoms with Crippen LogP contribution in [0.1, 0.15) is 62.6 Å². The average Bonchev–Trinajstić information content (AvgIpc) is 2.28. The summed E-state index contributed by atoms with van der Waals surface area (Å²) in [5, 5.41) is 10.6. The van der Waals surface area contributed by atoms with Crippen molar-refractivity contribution in [2.45, 2.75) is 65.4 Å². The van der Waals surface area contributed by atoms with Crippen molar-refractivity contribution in [1.29, 1.82) is 0 Å². The molecule has 0 aliphatic heterocycles. The molecule has 1 nitrogen and oxygen atoms in total.